The number of hydrogen-bond acceptors (Lipinski definition) is 5. The molecular weight excluding hydrogens is 188 g/mol. The van der Waals surface area contributed by atoms with Crippen molar-refractivity contribution in [1.29, 1.82) is 0 Å². The van der Waals surface area contributed by atoms with Crippen molar-refractivity contribution in [3.63, 3.8) is 0 Å². The number of carbonyl (C=O) groups is 1. The van der Waals surface area contributed by atoms with E-state index in [0.29, 0.717) is 0 Å². The minimum atomic E-state index is -0.931. The van der Waals surface area contributed by atoms with Gasteiger partial charge in [0.05, 0.1) is 17.6 Å². The van der Waals surface area contributed by atoms with Crippen molar-refractivity contribution >= 4 is 5.97 Å². The van der Waals surface area contributed by atoms with Crippen LogP contribution in [0.4, 0.5) is 0 Å². The predicted octanol–water partition coefficient (Wildman–Crippen LogP) is 1.78. The van der Waals surface area contributed by atoms with Gasteiger partial charge >= 0.3 is 5.97 Å². The van der Waals surface area contributed by atoms with E-state index in [9.17, 15) is 4.79 Å². The van der Waals surface area contributed by atoms with E-state index in [1.54, 1.807) is 13.8 Å². The molecule has 0 saturated carbocycles. The topological polar surface area (TPSA) is 65.0 Å². The number of rotatable bonds is 4. The van der Waals surface area contributed by atoms with Crippen LogP contribution in [0.1, 0.15) is 34.6 Å². The molecule has 0 bridgehead atoms. The second kappa shape index (κ2) is 4.72. The van der Waals surface area contributed by atoms with Crippen LogP contribution in [-0.2, 0) is 19.5 Å². The molecule has 5 nitrogen and oxygen atoms in total. The molecule has 0 aliphatic heterocycles. The third-order valence-corrected chi connectivity index (χ3v) is 1.36. The quantitative estimate of drug-likeness (QED) is 0.561. The first-order chi connectivity index (χ1) is 6.19. The number of hydrogen-bond donors (Lipinski definition) is 1. The fourth-order valence-corrected chi connectivity index (χ4v) is 0.536. The normalized spacial score (nSPS) is 12.7. The molecule has 5 heteroatoms. The minimum absolute atomic E-state index is 0.0175. The third-order valence-electron chi connectivity index (χ3n) is 1.36. The molecule has 0 radical (unpaired) electrons. The third kappa shape index (κ3) is 5.16. The fraction of sp³-hybridized carbons (Fsp3) is 0.889. The van der Waals surface area contributed by atoms with Crippen LogP contribution in [0.5, 0.6) is 0 Å². The Balaban J connectivity index is 3.94. The van der Waals surface area contributed by atoms with Crippen molar-refractivity contribution in [3.8, 4) is 0 Å². The van der Waals surface area contributed by atoms with Crippen molar-refractivity contribution in [2.45, 2.75) is 40.2 Å². The first-order valence-electron chi connectivity index (χ1n) is 4.35. The zero-order valence-electron chi connectivity index (χ0n) is 9.29. The molecule has 0 fully saturated rings. The van der Waals surface area contributed by atoms with E-state index in [2.05, 4.69) is 4.89 Å². The molecule has 0 amide bonds. The Hall–Kier alpha value is -0.650. The van der Waals surface area contributed by atoms with E-state index in [-0.39, 0.29) is 6.61 Å². The summed E-state index contributed by atoms with van der Waals surface area (Å²) in [5, 5.41) is 8.18. The first-order valence-corrected chi connectivity index (χ1v) is 4.35. The molecule has 14 heavy (non-hydrogen) atoms. The molecule has 0 spiro atoms. The molecule has 0 heterocycles. The SMILES string of the molecule is CC(C)(C)OOCC(C)(C)C(=O)OO. The van der Waals surface area contributed by atoms with E-state index in [4.69, 9.17) is 15.0 Å². The van der Waals surface area contributed by atoms with E-state index in [0.717, 1.165) is 0 Å². The van der Waals surface area contributed by atoms with Crippen LogP contribution in [-0.4, -0.2) is 23.4 Å². The second-order valence-corrected chi connectivity index (χ2v) is 4.72. The summed E-state index contributed by atoms with van der Waals surface area (Å²) in [5.74, 6) is -0.755. The molecule has 0 rings (SSSR count). The Bertz CT molecular complexity index is 192. The molecule has 1 N–H and O–H groups in total. The minimum Gasteiger partial charge on any atom is -0.300 e. The lowest BCUT2D eigenvalue weighted by molar-refractivity contribution is -0.359. The van der Waals surface area contributed by atoms with Gasteiger partial charge in [0.2, 0.25) is 0 Å². The highest BCUT2D eigenvalue weighted by Gasteiger charge is 2.31. The summed E-state index contributed by atoms with van der Waals surface area (Å²) in [4.78, 5) is 24.4. The van der Waals surface area contributed by atoms with Gasteiger partial charge in [-0.15, -0.1) is 0 Å². The van der Waals surface area contributed by atoms with Gasteiger partial charge in [-0.3, -0.25) is 0 Å². The highest BCUT2D eigenvalue weighted by molar-refractivity contribution is 5.75. The van der Waals surface area contributed by atoms with E-state index in [1.807, 2.05) is 20.8 Å². The van der Waals surface area contributed by atoms with Gasteiger partial charge in [0, 0.05) is 0 Å². The van der Waals surface area contributed by atoms with Gasteiger partial charge in [0.1, 0.15) is 0 Å². The van der Waals surface area contributed by atoms with Gasteiger partial charge in [-0.05, 0) is 34.6 Å². The largest absolute Gasteiger partial charge is 0.350 e. The van der Waals surface area contributed by atoms with Gasteiger partial charge in [-0.25, -0.2) is 14.6 Å². The van der Waals surface area contributed by atoms with Crippen molar-refractivity contribution in [2.75, 3.05) is 6.61 Å². The summed E-state index contributed by atoms with van der Waals surface area (Å²) in [6, 6.07) is 0. The smallest absolute Gasteiger partial charge is 0.300 e. The predicted molar refractivity (Wildman–Crippen MR) is 49.3 cm³/mol. The molecule has 84 valence electrons. The van der Waals surface area contributed by atoms with E-state index < -0.39 is 17.0 Å². The maximum absolute atomic E-state index is 11.0. The lowest BCUT2D eigenvalue weighted by Gasteiger charge is -2.23. The summed E-state index contributed by atoms with van der Waals surface area (Å²) < 4.78 is 0. The number of carbonyl (C=O) groups excluding carboxylic acids is 1. The molecule has 0 aromatic carbocycles. The van der Waals surface area contributed by atoms with Crippen LogP contribution in [0.25, 0.3) is 0 Å². The summed E-state index contributed by atoms with van der Waals surface area (Å²) in [6.07, 6.45) is 0. The van der Waals surface area contributed by atoms with Crippen LogP contribution >= 0.6 is 0 Å². The van der Waals surface area contributed by atoms with Crippen LogP contribution in [0.3, 0.4) is 0 Å². The van der Waals surface area contributed by atoms with Gasteiger partial charge in [0.25, 0.3) is 0 Å². The van der Waals surface area contributed by atoms with Crippen LogP contribution < -0.4 is 0 Å². The summed E-state index contributed by atoms with van der Waals surface area (Å²) in [7, 11) is 0. The van der Waals surface area contributed by atoms with Crippen molar-refractivity contribution in [1.82, 2.24) is 0 Å². The molecule has 0 saturated heterocycles. The average Bonchev–Trinajstić information content (AvgIpc) is 2.00. The molecule has 0 unspecified atom stereocenters. The Labute approximate surface area is 83.8 Å². The Morgan fingerprint density at radius 2 is 1.71 bits per heavy atom. The van der Waals surface area contributed by atoms with Crippen molar-refractivity contribution in [2.24, 2.45) is 5.41 Å². The monoisotopic (exact) mass is 206 g/mol. The summed E-state index contributed by atoms with van der Waals surface area (Å²) in [5.41, 5.74) is -1.36. The van der Waals surface area contributed by atoms with E-state index in [1.165, 1.54) is 0 Å². The standard InChI is InChI=1S/C9H18O5/c1-8(2,3)14-12-6-9(4,5)7(10)13-11/h11H,6H2,1-5H3. The highest BCUT2D eigenvalue weighted by atomic mass is 17.2. The maximum Gasteiger partial charge on any atom is 0.350 e. The van der Waals surface area contributed by atoms with Crippen molar-refractivity contribution in [3.05, 3.63) is 0 Å². The van der Waals surface area contributed by atoms with Gasteiger partial charge in [0.15, 0.2) is 0 Å². The van der Waals surface area contributed by atoms with Gasteiger partial charge < -0.3 is 4.89 Å². The van der Waals surface area contributed by atoms with Crippen LogP contribution in [0, 0.1) is 5.41 Å². The first kappa shape index (κ1) is 13.4. The van der Waals surface area contributed by atoms with Gasteiger partial charge in [-0.2, -0.15) is 5.26 Å². The van der Waals surface area contributed by atoms with E-state index >= 15 is 0 Å². The second-order valence-electron chi connectivity index (χ2n) is 4.72. The maximum atomic E-state index is 11.0. The van der Waals surface area contributed by atoms with Gasteiger partial charge in [-0.1, -0.05) is 0 Å². The van der Waals surface area contributed by atoms with Crippen LogP contribution in [0.2, 0.25) is 0 Å². The zero-order valence-corrected chi connectivity index (χ0v) is 9.29. The summed E-state index contributed by atoms with van der Waals surface area (Å²) >= 11 is 0. The average molecular weight is 206 g/mol. The summed E-state index contributed by atoms with van der Waals surface area (Å²) in [6.45, 7) is 8.65. The molecule has 0 aromatic rings. The molecule has 0 aliphatic rings. The lowest BCUT2D eigenvalue weighted by atomic mass is 9.96. The molecule has 0 aromatic heterocycles. The molecule has 0 atom stereocenters. The molecular formula is C9H18O5. The van der Waals surface area contributed by atoms with Crippen molar-refractivity contribution < 1.29 is 24.7 Å². The zero-order chi connectivity index (χ0) is 11.4. The lowest BCUT2D eigenvalue weighted by Crippen LogP contribution is -2.32. The Morgan fingerprint density at radius 3 is 2.07 bits per heavy atom. The fourth-order valence-electron chi connectivity index (χ4n) is 0.536. The highest BCUT2D eigenvalue weighted by Crippen LogP contribution is 2.19. The Morgan fingerprint density at radius 1 is 1.21 bits per heavy atom. The Kier molecular flexibility index (Phi) is 4.51. The molecule has 0 aliphatic carbocycles. The van der Waals surface area contributed by atoms with Crippen LogP contribution in [0.15, 0.2) is 0 Å².